The minimum atomic E-state index is -0.647. The molecule has 3 heteroatoms. The lowest BCUT2D eigenvalue weighted by Gasteiger charge is -2.17. The molecule has 70 valence electrons. The lowest BCUT2D eigenvalue weighted by Crippen LogP contribution is -2.30. The van der Waals surface area contributed by atoms with Gasteiger partial charge in [0, 0.05) is 0 Å². The van der Waals surface area contributed by atoms with Crippen molar-refractivity contribution in [3.63, 3.8) is 0 Å². The summed E-state index contributed by atoms with van der Waals surface area (Å²) in [5.41, 5.74) is 0.810. The molecule has 13 heavy (non-hydrogen) atoms. The average Bonchev–Trinajstić information content (AvgIpc) is 2.18. The van der Waals surface area contributed by atoms with Gasteiger partial charge in [-0.2, -0.15) is 0 Å². The minimum Gasteiger partial charge on any atom is -0.386 e. The second-order valence-corrected chi connectivity index (χ2v) is 2.93. The standard InChI is InChI=1S/C10H13NO2/c1-8(11-7-12)10(13)9-5-3-2-4-6-9/h2-8,10,13H,1H3,(H,11,12)/t8-,10+/m0/s1. The summed E-state index contributed by atoms with van der Waals surface area (Å²) in [7, 11) is 0. The highest BCUT2D eigenvalue weighted by Crippen LogP contribution is 2.15. The molecule has 2 N–H and O–H groups in total. The molecule has 1 amide bonds. The Morgan fingerprint density at radius 3 is 2.54 bits per heavy atom. The normalized spacial score (nSPS) is 14.6. The highest BCUT2D eigenvalue weighted by molar-refractivity contribution is 5.46. The molecule has 0 aliphatic heterocycles. The van der Waals surface area contributed by atoms with Crippen LogP contribution in [0, 0.1) is 0 Å². The Hall–Kier alpha value is -1.35. The molecule has 3 nitrogen and oxygen atoms in total. The molecule has 1 aromatic carbocycles. The lowest BCUT2D eigenvalue weighted by molar-refractivity contribution is -0.110. The second-order valence-electron chi connectivity index (χ2n) is 2.93. The Balaban J connectivity index is 2.67. The molecule has 2 atom stereocenters. The number of amides is 1. The van der Waals surface area contributed by atoms with E-state index in [1.165, 1.54) is 0 Å². The number of nitrogens with one attached hydrogen (secondary N) is 1. The fourth-order valence-corrected chi connectivity index (χ4v) is 1.14. The van der Waals surface area contributed by atoms with Crippen LogP contribution in [0.15, 0.2) is 30.3 Å². The maximum absolute atomic E-state index is 10.1. The number of carbonyl (C=O) groups excluding carboxylic acids is 1. The zero-order valence-electron chi connectivity index (χ0n) is 7.47. The van der Waals surface area contributed by atoms with Crippen molar-refractivity contribution in [1.82, 2.24) is 5.32 Å². The molecule has 0 aromatic heterocycles. The van der Waals surface area contributed by atoms with Gasteiger partial charge in [0.05, 0.1) is 12.1 Å². The van der Waals surface area contributed by atoms with Gasteiger partial charge in [-0.1, -0.05) is 30.3 Å². The van der Waals surface area contributed by atoms with Crippen LogP contribution in [-0.4, -0.2) is 17.6 Å². The summed E-state index contributed by atoms with van der Waals surface area (Å²) in [6.07, 6.45) is -0.0528. The molecule has 1 aromatic rings. The highest BCUT2D eigenvalue weighted by atomic mass is 16.3. The third kappa shape index (κ3) is 2.56. The third-order valence-electron chi connectivity index (χ3n) is 1.95. The zero-order valence-corrected chi connectivity index (χ0v) is 7.47. The Bertz CT molecular complexity index is 261. The second kappa shape index (κ2) is 4.62. The predicted octanol–water partition coefficient (Wildman–Crippen LogP) is 0.854. The van der Waals surface area contributed by atoms with E-state index >= 15 is 0 Å². The monoisotopic (exact) mass is 179 g/mol. The van der Waals surface area contributed by atoms with Gasteiger partial charge in [-0.05, 0) is 12.5 Å². The van der Waals surface area contributed by atoms with Gasteiger partial charge < -0.3 is 10.4 Å². The number of hydrogen-bond donors (Lipinski definition) is 2. The first-order chi connectivity index (χ1) is 6.25. The first-order valence-corrected chi connectivity index (χ1v) is 4.18. The van der Waals surface area contributed by atoms with E-state index in [0.717, 1.165) is 5.56 Å². The van der Waals surface area contributed by atoms with Crippen molar-refractivity contribution >= 4 is 6.41 Å². The topological polar surface area (TPSA) is 49.3 Å². The average molecular weight is 179 g/mol. The SMILES string of the molecule is C[C@H](NC=O)[C@@H](O)c1ccccc1. The van der Waals surface area contributed by atoms with Gasteiger partial charge in [0.25, 0.3) is 0 Å². The van der Waals surface area contributed by atoms with Crippen molar-refractivity contribution < 1.29 is 9.90 Å². The number of aliphatic hydroxyl groups is 1. The molecule has 0 aliphatic rings. The molecule has 0 bridgehead atoms. The number of aliphatic hydroxyl groups excluding tert-OH is 1. The number of hydrogen-bond acceptors (Lipinski definition) is 2. The summed E-state index contributed by atoms with van der Waals surface area (Å²) in [6.45, 7) is 1.76. The van der Waals surface area contributed by atoms with Gasteiger partial charge in [-0.25, -0.2) is 0 Å². The smallest absolute Gasteiger partial charge is 0.207 e. The van der Waals surface area contributed by atoms with Gasteiger partial charge in [0.1, 0.15) is 0 Å². The first-order valence-electron chi connectivity index (χ1n) is 4.18. The quantitative estimate of drug-likeness (QED) is 0.673. The summed E-state index contributed by atoms with van der Waals surface area (Å²) in [6, 6.07) is 8.98. The molecule has 0 unspecified atom stereocenters. The summed E-state index contributed by atoms with van der Waals surface area (Å²) >= 11 is 0. The van der Waals surface area contributed by atoms with Crippen LogP contribution in [0.4, 0.5) is 0 Å². The Kier molecular flexibility index (Phi) is 3.46. The van der Waals surface area contributed by atoms with E-state index in [9.17, 15) is 9.90 Å². The summed E-state index contributed by atoms with van der Waals surface area (Å²) in [4.78, 5) is 10.1. The molecular formula is C10H13NO2. The van der Waals surface area contributed by atoms with E-state index in [0.29, 0.717) is 6.41 Å². The van der Waals surface area contributed by atoms with E-state index in [2.05, 4.69) is 5.32 Å². The minimum absolute atomic E-state index is 0.264. The molecule has 0 heterocycles. The van der Waals surface area contributed by atoms with Crippen LogP contribution >= 0.6 is 0 Å². The molecule has 0 fully saturated rings. The summed E-state index contributed by atoms with van der Waals surface area (Å²) in [5.74, 6) is 0. The van der Waals surface area contributed by atoms with Crippen molar-refractivity contribution in [2.45, 2.75) is 19.1 Å². The predicted molar refractivity (Wildman–Crippen MR) is 50.1 cm³/mol. The van der Waals surface area contributed by atoms with Crippen LogP contribution in [0.3, 0.4) is 0 Å². The van der Waals surface area contributed by atoms with Gasteiger partial charge in [-0.3, -0.25) is 4.79 Å². The fourth-order valence-electron chi connectivity index (χ4n) is 1.14. The zero-order chi connectivity index (χ0) is 9.68. The van der Waals surface area contributed by atoms with Gasteiger partial charge in [0.15, 0.2) is 0 Å². The molecule has 0 aliphatic carbocycles. The molecule has 0 saturated heterocycles. The van der Waals surface area contributed by atoms with Gasteiger partial charge >= 0.3 is 0 Å². The summed E-state index contributed by atoms with van der Waals surface area (Å²) < 4.78 is 0. The maximum Gasteiger partial charge on any atom is 0.207 e. The van der Waals surface area contributed by atoms with E-state index < -0.39 is 6.10 Å². The summed E-state index contributed by atoms with van der Waals surface area (Å²) in [5, 5.41) is 12.2. The molecular weight excluding hydrogens is 166 g/mol. The lowest BCUT2D eigenvalue weighted by atomic mass is 10.0. The van der Waals surface area contributed by atoms with Crippen molar-refractivity contribution in [2.24, 2.45) is 0 Å². The third-order valence-corrected chi connectivity index (χ3v) is 1.95. The van der Waals surface area contributed by atoms with E-state index in [4.69, 9.17) is 0 Å². The van der Waals surface area contributed by atoms with E-state index in [1.807, 2.05) is 30.3 Å². The van der Waals surface area contributed by atoms with Crippen LogP contribution in [0.25, 0.3) is 0 Å². The van der Waals surface area contributed by atoms with Gasteiger partial charge in [-0.15, -0.1) is 0 Å². The van der Waals surface area contributed by atoms with Crippen LogP contribution < -0.4 is 5.32 Å². The highest BCUT2D eigenvalue weighted by Gasteiger charge is 2.14. The van der Waals surface area contributed by atoms with Crippen molar-refractivity contribution in [3.8, 4) is 0 Å². The number of rotatable bonds is 4. The Morgan fingerprint density at radius 1 is 1.38 bits per heavy atom. The van der Waals surface area contributed by atoms with E-state index in [-0.39, 0.29) is 6.04 Å². The maximum atomic E-state index is 10.1. The van der Waals surface area contributed by atoms with Crippen LogP contribution in [0.1, 0.15) is 18.6 Å². The molecule has 0 spiro atoms. The van der Waals surface area contributed by atoms with Gasteiger partial charge in [0.2, 0.25) is 6.41 Å². The number of benzene rings is 1. The molecule has 1 rings (SSSR count). The van der Waals surface area contributed by atoms with E-state index in [1.54, 1.807) is 6.92 Å². The number of carbonyl (C=O) groups is 1. The van der Waals surface area contributed by atoms with Crippen molar-refractivity contribution in [1.29, 1.82) is 0 Å². The van der Waals surface area contributed by atoms with Crippen LogP contribution in [0.2, 0.25) is 0 Å². The van der Waals surface area contributed by atoms with Crippen LogP contribution in [-0.2, 0) is 4.79 Å². The Morgan fingerprint density at radius 2 is 2.00 bits per heavy atom. The fraction of sp³-hybridized carbons (Fsp3) is 0.300. The van der Waals surface area contributed by atoms with Crippen molar-refractivity contribution in [2.75, 3.05) is 0 Å². The van der Waals surface area contributed by atoms with Crippen LogP contribution in [0.5, 0.6) is 0 Å². The first kappa shape index (κ1) is 9.74. The largest absolute Gasteiger partial charge is 0.386 e. The Labute approximate surface area is 77.4 Å². The molecule has 0 saturated carbocycles. The molecule has 0 radical (unpaired) electrons. The van der Waals surface area contributed by atoms with Crippen molar-refractivity contribution in [3.05, 3.63) is 35.9 Å².